The van der Waals surface area contributed by atoms with E-state index < -0.39 is 0 Å². The average Bonchev–Trinajstić information content (AvgIpc) is 3.40. The summed E-state index contributed by atoms with van der Waals surface area (Å²) in [4.78, 5) is 12.7. The van der Waals surface area contributed by atoms with Gasteiger partial charge in [-0.05, 0) is 50.5 Å². The Hall–Kier alpha value is -2.66. The Kier molecular flexibility index (Phi) is 8.67. The number of carbonyl (C=O) groups excluding carboxylic acids is 1. The highest BCUT2D eigenvalue weighted by Crippen LogP contribution is 2.29. The zero-order valence-corrected chi connectivity index (χ0v) is 21.4. The maximum Gasteiger partial charge on any atom is 0.239 e. The minimum atomic E-state index is -0.389. The van der Waals surface area contributed by atoms with Crippen LogP contribution in [0, 0.1) is 5.92 Å². The standard InChI is InChI=1S/C22H30N6O3S2/c1-7-18-24-26-21(33-18)23-20(29)15(5)32-22-27-25-19(28(22)12-13(2)3)14(4)31-17-10-8-16(30-6)9-11-17/h8-11,13-15H,7,12H2,1-6H3,(H,23,26,29). The van der Waals surface area contributed by atoms with E-state index in [1.165, 1.54) is 23.1 Å². The number of aryl methyl sites for hydroxylation is 1. The Morgan fingerprint density at radius 2 is 1.79 bits per heavy atom. The van der Waals surface area contributed by atoms with Crippen LogP contribution in [-0.2, 0) is 17.8 Å². The van der Waals surface area contributed by atoms with Crippen LogP contribution in [0.25, 0.3) is 0 Å². The van der Waals surface area contributed by atoms with Crippen molar-refractivity contribution >= 4 is 34.1 Å². The predicted octanol–water partition coefficient (Wildman–Crippen LogP) is 4.62. The molecular weight excluding hydrogens is 460 g/mol. The van der Waals surface area contributed by atoms with Crippen molar-refractivity contribution in [3.8, 4) is 11.5 Å². The van der Waals surface area contributed by atoms with Crippen molar-refractivity contribution < 1.29 is 14.3 Å². The molecule has 9 nitrogen and oxygen atoms in total. The van der Waals surface area contributed by atoms with Crippen LogP contribution in [0.2, 0.25) is 0 Å². The number of nitrogens with zero attached hydrogens (tertiary/aromatic N) is 5. The maximum absolute atomic E-state index is 12.7. The molecule has 2 aromatic heterocycles. The topological polar surface area (TPSA) is 104 Å². The molecule has 0 aliphatic heterocycles. The summed E-state index contributed by atoms with van der Waals surface area (Å²) in [5.74, 6) is 2.41. The van der Waals surface area contributed by atoms with E-state index in [9.17, 15) is 4.79 Å². The van der Waals surface area contributed by atoms with E-state index in [1.54, 1.807) is 7.11 Å². The minimum absolute atomic E-state index is 0.151. The molecule has 0 radical (unpaired) electrons. The molecule has 2 unspecified atom stereocenters. The summed E-state index contributed by atoms with van der Waals surface area (Å²) in [7, 11) is 1.63. The van der Waals surface area contributed by atoms with Gasteiger partial charge in [0.2, 0.25) is 11.0 Å². The SMILES string of the molecule is CCc1nnc(NC(=O)C(C)Sc2nnc(C(C)Oc3ccc(OC)cc3)n2CC(C)C)s1. The van der Waals surface area contributed by atoms with Gasteiger partial charge < -0.3 is 14.0 Å². The first-order valence-electron chi connectivity index (χ1n) is 10.8. The first kappa shape index (κ1) is 25.0. The molecular formula is C22H30N6O3S2. The summed E-state index contributed by atoms with van der Waals surface area (Å²) in [6.45, 7) is 10.8. The van der Waals surface area contributed by atoms with Gasteiger partial charge in [-0.15, -0.1) is 20.4 Å². The first-order chi connectivity index (χ1) is 15.8. The molecule has 2 heterocycles. The van der Waals surface area contributed by atoms with Crippen molar-refractivity contribution in [2.45, 2.75) is 64.1 Å². The molecule has 0 fully saturated rings. The normalized spacial score (nSPS) is 13.1. The smallest absolute Gasteiger partial charge is 0.239 e. The lowest BCUT2D eigenvalue weighted by Gasteiger charge is -2.18. The number of ether oxygens (including phenoxy) is 2. The van der Waals surface area contributed by atoms with Crippen LogP contribution >= 0.6 is 23.1 Å². The Bertz CT molecular complexity index is 1050. The van der Waals surface area contributed by atoms with E-state index in [4.69, 9.17) is 9.47 Å². The molecule has 0 saturated carbocycles. The minimum Gasteiger partial charge on any atom is -0.497 e. The zero-order chi connectivity index (χ0) is 24.0. The number of thioether (sulfide) groups is 1. The lowest BCUT2D eigenvalue weighted by molar-refractivity contribution is -0.115. The number of benzene rings is 1. The van der Waals surface area contributed by atoms with Crippen LogP contribution in [0.3, 0.4) is 0 Å². The number of methoxy groups -OCH3 is 1. The number of nitrogens with one attached hydrogen (secondary N) is 1. The second-order valence-corrected chi connectivity index (χ2v) is 10.3. The summed E-state index contributed by atoms with van der Waals surface area (Å²) >= 11 is 2.75. The van der Waals surface area contributed by atoms with Crippen molar-refractivity contribution in [3.05, 3.63) is 35.1 Å². The van der Waals surface area contributed by atoms with Crippen LogP contribution in [0.15, 0.2) is 29.4 Å². The first-order valence-corrected chi connectivity index (χ1v) is 12.5. The van der Waals surface area contributed by atoms with Gasteiger partial charge in [-0.1, -0.05) is 43.9 Å². The highest BCUT2D eigenvalue weighted by Gasteiger charge is 2.24. The molecule has 1 amide bonds. The van der Waals surface area contributed by atoms with Gasteiger partial charge in [0.1, 0.15) is 16.5 Å². The predicted molar refractivity (Wildman–Crippen MR) is 130 cm³/mol. The van der Waals surface area contributed by atoms with E-state index in [-0.39, 0.29) is 17.3 Å². The number of anilines is 1. The van der Waals surface area contributed by atoms with Crippen LogP contribution in [0.1, 0.15) is 51.6 Å². The molecule has 2 atom stereocenters. The van der Waals surface area contributed by atoms with Gasteiger partial charge in [0, 0.05) is 6.54 Å². The van der Waals surface area contributed by atoms with E-state index in [0.29, 0.717) is 34.3 Å². The largest absolute Gasteiger partial charge is 0.497 e. The van der Waals surface area contributed by atoms with Gasteiger partial charge in [-0.2, -0.15) is 0 Å². The molecule has 3 aromatic rings. The summed E-state index contributed by atoms with van der Waals surface area (Å²) in [5, 5.41) is 21.4. The zero-order valence-electron chi connectivity index (χ0n) is 19.7. The van der Waals surface area contributed by atoms with E-state index >= 15 is 0 Å². The van der Waals surface area contributed by atoms with E-state index in [0.717, 1.165) is 17.2 Å². The Balaban J connectivity index is 1.72. The van der Waals surface area contributed by atoms with E-state index in [2.05, 4.69) is 39.6 Å². The van der Waals surface area contributed by atoms with Crippen molar-refractivity contribution in [2.75, 3.05) is 12.4 Å². The second kappa shape index (κ2) is 11.5. The van der Waals surface area contributed by atoms with Gasteiger partial charge in [0.25, 0.3) is 0 Å². The highest BCUT2D eigenvalue weighted by molar-refractivity contribution is 8.00. The van der Waals surface area contributed by atoms with Crippen molar-refractivity contribution in [3.63, 3.8) is 0 Å². The van der Waals surface area contributed by atoms with Gasteiger partial charge in [-0.3, -0.25) is 10.1 Å². The Morgan fingerprint density at radius 3 is 2.39 bits per heavy atom. The number of amides is 1. The van der Waals surface area contributed by atoms with Crippen LogP contribution < -0.4 is 14.8 Å². The fourth-order valence-corrected chi connectivity index (χ4v) is 4.55. The lowest BCUT2D eigenvalue weighted by Crippen LogP contribution is -2.23. The third kappa shape index (κ3) is 6.67. The molecule has 0 saturated heterocycles. The lowest BCUT2D eigenvalue weighted by atomic mass is 10.2. The van der Waals surface area contributed by atoms with Crippen molar-refractivity contribution in [1.29, 1.82) is 0 Å². The molecule has 3 rings (SSSR count). The summed E-state index contributed by atoms with van der Waals surface area (Å²) in [5.41, 5.74) is 0. The number of hydrogen-bond donors (Lipinski definition) is 1. The summed E-state index contributed by atoms with van der Waals surface area (Å²) < 4.78 is 13.3. The van der Waals surface area contributed by atoms with Crippen LogP contribution in [-0.4, -0.2) is 43.2 Å². The second-order valence-electron chi connectivity index (χ2n) is 7.88. The average molecular weight is 491 g/mol. The number of hydrogen-bond acceptors (Lipinski definition) is 9. The molecule has 0 aliphatic carbocycles. The Morgan fingerprint density at radius 1 is 1.09 bits per heavy atom. The molecule has 178 valence electrons. The molecule has 1 aromatic carbocycles. The van der Waals surface area contributed by atoms with Gasteiger partial charge in [-0.25, -0.2) is 0 Å². The molecule has 0 aliphatic rings. The third-order valence-corrected chi connectivity index (χ3v) is 6.74. The van der Waals surface area contributed by atoms with Gasteiger partial charge in [0.15, 0.2) is 17.1 Å². The third-order valence-electron chi connectivity index (χ3n) is 4.68. The summed E-state index contributed by atoms with van der Waals surface area (Å²) in [6, 6.07) is 7.42. The fraction of sp³-hybridized carbons (Fsp3) is 0.500. The number of carbonyl (C=O) groups is 1. The molecule has 0 spiro atoms. The molecule has 0 bridgehead atoms. The number of aromatic nitrogens is 5. The summed E-state index contributed by atoms with van der Waals surface area (Å²) in [6.07, 6.45) is 0.465. The number of rotatable bonds is 11. The van der Waals surface area contributed by atoms with Gasteiger partial charge in [0.05, 0.1) is 12.4 Å². The van der Waals surface area contributed by atoms with Crippen LogP contribution in [0.5, 0.6) is 11.5 Å². The Labute approximate surface area is 202 Å². The molecule has 33 heavy (non-hydrogen) atoms. The van der Waals surface area contributed by atoms with Crippen LogP contribution in [0.4, 0.5) is 5.13 Å². The van der Waals surface area contributed by atoms with Crippen molar-refractivity contribution in [2.24, 2.45) is 5.92 Å². The monoisotopic (exact) mass is 490 g/mol. The van der Waals surface area contributed by atoms with Crippen molar-refractivity contribution in [1.82, 2.24) is 25.0 Å². The maximum atomic E-state index is 12.7. The molecule has 11 heteroatoms. The van der Waals surface area contributed by atoms with E-state index in [1.807, 2.05) is 49.6 Å². The quantitative estimate of drug-likeness (QED) is 0.389. The molecule has 1 N–H and O–H groups in total. The highest BCUT2D eigenvalue weighted by atomic mass is 32.2. The fourth-order valence-electron chi connectivity index (χ4n) is 3.00. The van der Waals surface area contributed by atoms with Gasteiger partial charge >= 0.3 is 0 Å².